The first kappa shape index (κ1) is 7.24. The normalized spacial score (nSPS) is 12.4. The summed E-state index contributed by atoms with van der Waals surface area (Å²) in [5, 5.41) is 8.24. The highest BCUT2D eigenvalue weighted by Gasteiger charge is 1.77. The van der Waals surface area contributed by atoms with Gasteiger partial charge in [-0.3, -0.25) is 4.79 Å². The van der Waals surface area contributed by atoms with Crippen molar-refractivity contribution in [3.8, 4) is 0 Å². The van der Waals surface area contributed by atoms with E-state index < -0.39 is 0 Å². The lowest BCUT2D eigenvalue weighted by Gasteiger charge is -1.77. The lowest BCUT2D eigenvalue weighted by molar-refractivity contribution is -0.104. The van der Waals surface area contributed by atoms with E-state index in [1.165, 1.54) is 12.2 Å². The molecule has 0 rings (SSSR count). The molecule has 0 aromatic rings. The van der Waals surface area contributed by atoms with Gasteiger partial charge in [-0.1, -0.05) is 11.6 Å². The van der Waals surface area contributed by atoms with Crippen LogP contribution in [0.15, 0.2) is 23.4 Å². The first-order valence-electron chi connectivity index (χ1n) is 1.93. The number of aliphatic hydroxyl groups is 1. The fourth-order valence-corrected chi connectivity index (χ4v) is 0.247. The number of rotatable bonds is 2. The minimum atomic E-state index is 0.136. The Kier molecular flexibility index (Phi) is 3.98. The first-order chi connectivity index (χ1) is 3.81. The van der Waals surface area contributed by atoms with Crippen molar-refractivity contribution in [1.29, 1.82) is 0 Å². The lowest BCUT2D eigenvalue weighted by Crippen LogP contribution is -1.63. The number of carbonyl (C=O) groups is 1. The molecule has 0 saturated carbocycles. The van der Waals surface area contributed by atoms with E-state index in [-0.39, 0.29) is 5.03 Å². The summed E-state index contributed by atoms with van der Waals surface area (Å²) < 4.78 is 0. The maximum Gasteiger partial charge on any atom is 0.142 e. The first-order valence-corrected chi connectivity index (χ1v) is 2.30. The van der Waals surface area contributed by atoms with Crippen LogP contribution in [0.25, 0.3) is 0 Å². The van der Waals surface area contributed by atoms with Crippen LogP contribution in [-0.2, 0) is 4.79 Å². The van der Waals surface area contributed by atoms with Gasteiger partial charge in [-0.2, -0.15) is 0 Å². The van der Waals surface area contributed by atoms with E-state index in [0.29, 0.717) is 12.5 Å². The standard InChI is InChI=1S/C5H5ClO2/c6-5(4-8)2-1-3-7/h1-4,8H/b2-1+,5-4+. The quantitative estimate of drug-likeness (QED) is 0.267. The highest BCUT2D eigenvalue weighted by atomic mass is 35.5. The summed E-state index contributed by atoms with van der Waals surface area (Å²) in [4.78, 5) is 9.57. The van der Waals surface area contributed by atoms with E-state index in [2.05, 4.69) is 0 Å². The van der Waals surface area contributed by atoms with Crippen LogP contribution in [0.1, 0.15) is 0 Å². The number of hydrogen-bond donors (Lipinski definition) is 1. The van der Waals surface area contributed by atoms with Gasteiger partial charge in [0.15, 0.2) is 0 Å². The lowest BCUT2D eigenvalue weighted by atomic mass is 10.5. The van der Waals surface area contributed by atoms with Crippen LogP contribution in [0.5, 0.6) is 0 Å². The molecule has 0 amide bonds. The van der Waals surface area contributed by atoms with E-state index >= 15 is 0 Å². The number of carbonyl (C=O) groups excluding carboxylic acids is 1. The van der Waals surface area contributed by atoms with Crippen molar-refractivity contribution in [3.05, 3.63) is 23.4 Å². The predicted molar refractivity (Wildman–Crippen MR) is 31.8 cm³/mol. The molecule has 0 aromatic carbocycles. The number of aldehydes is 1. The summed E-state index contributed by atoms with van der Waals surface area (Å²) >= 11 is 5.21. The number of aliphatic hydroxyl groups excluding tert-OH is 1. The number of hydrogen-bond acceptors (Lipinski definition) is 2. The summed E-state index contributed by atoms with van der Waals surface area (Å²) in [6.45, 7) is 0. The zero-order chi connectivity index (χ0) is 6.41. The van der Waals surface area contributed by atoms with Gasteiger partial charge in [0.1, 0.15) is 6.29 Å². The molecule has 0 fully saturated rings. The summed E-state index contributed by atoms with van der Waals surface area (Å²) in [6, 6.07) is 0. The Morgan fingerprint density at radius 2 is 2.25 bits per heavy atom. The molecule has 0 aromatic heterocycles. The maximum absolute atomic E-state index is 9.57. The molecule has 0 unspecified atom stereocenters. The third kappa shape index (κ3) is 3.43. The van der Waals surface area contributed by atoms with Gasteiger partial charge in [-0.25, -0.2) is 0 Å². The van der Waals surface area contributed by atoms with Crippen LogP contribution < -0.4 is 0 Å². The van der Waals surface area contributed by atoms with Crippen molar-refractivity contribution >= 4 is 17.9 Å². The number of allylic oxidation sites excluding steroid dienone is 3. The Bertz CT molecular complexity index is 126. The molecule has 0 aliphatic carbocycles. The second-order valence-electron chi connectivity index (χ2n) is 1.01. The van der Waals surface area contributed by atoms with Crippen molar-refractivity contribution in [2.75, 3.05) is 0 Å². The molecule has 0 aliphatic heterocycles. The van der Waals surface area contributed by atoms with Gasteiger partial charge >= 0.3 is 0 Å². The number of halogens is 1. The van der Waals surface area contributed by atoms with Crippen molar-refractivity contribution < 1.29 is 9.90 Å². The SMILES string of the molecule is O=C/C=C/C(Cl)=C\O. The highest BCUT2D eigenvalue weighted by Crippen LogP contribution is 1.98. The molecular formula is C5H5ClO2. The minimum absolute atomic E-state index is 0.136. The molecule has 44 valence electrons. The van der Waals surface area contributed by atoms with Gasteiger partial charge < -0.3 is 5.11 Å². The third-order valence-electron chi connectivity index (χ3n) is 0.457. The van der Waals surface area contributed by atoms with E-state index in [4.69, 9.17) is 16.7 Å². The molecule has 0 spiro atoms. The molecule has 2 nitrogen and oxygen atoms in total. The second kappa shape index (κ2) is 4.40. The molecule has 0 heterocycles. The van der Waals surface area contributed by atoms with Crippen molar-refractivity contribution in [2.24, 2.45) is 0 Å². The largest absolute Gasteiger partial charge is 0.514 e. The summed E-state index contributed by atoms with van der Waals surface area (Å²) in [5.74, 6) is 0. The molecule has 8 heavy (non-hydrogen) atoms. The van der Waals surface area contributed by atoms with Crippen LogP contribution in [0, 0.1) is 0 Å². The zero-order valence-corrected chi connectivity index (χ0v) is 4.80. The fraction of sp³-hybridized carbons (Fsp3) is 0. The van der Waals surface area contributed by atoms with E-state index in [1.807, 2.05) is 0 Å². The molecule has 3 heteroatoms. The monoisotopic (exact) mass is 132 g/mol. The molecule has 0 bridgehead atoms. The smallest absolute Gasteiger partial charge is 0.142 e. The third-order valence-corrected chi connectivity index (χ3v) is 0.681. The molecule has 0 saturated heterocycles. The average molecular weight is 133 g/mol. The van der Waals surface area contributed by atoms with Crippen LogP contribution in [0.4, 0.5) is 0 Å². The van der Waals surface area contributed by atoms with E-state index in [1.54, 1.807) is 0 Å². The summed E-state index contributed by atoms with van der Waals surface area (Å²) in [6.07, 6.45) is 3.76. The molecular weight excluding hydrogens is 128 g/mol. The summed E-state index contributed by atoms with van der Waals surface area (Å²) in [5.41, 5.74) is 0. The Hall–Kier alpha value is -0.760. The van der Waals surface area contributed by atoms with Crippen molar-refractivity contribution in [1.82, 2.24) is 0 Å². The minimum Gasteiger partial charge on any atom is -0.514 e. The van der Waals surface area contributed by atoms with Crippen LogP contribution in [0.3, 0.4) is 0 Å². The van der Waals surface area contributed by atoms with Gasteiger partial charge in [0, 0.05) is 0 Å². The molecule has 0 atom stereocenters. The topological polar surface area (TPSA) is 37.3 Å². The van der Waals surface area contributed by atoms with Crippen LogP contribution in [-0.4, -0.2) is 11.4 Å². The average Bonchev–Trinajstić information content (AvgIpc) is 1.83. The zero-order valence-electron chi connectivity index (χ0n) is 4.04. The Morgan fingerprint density at radius 1 is 1.62 bits per heavy atom. The highest BCUT2D eigenvalue weighted by molar-refractivity contribution is 6.31. The second-order valence-corrected chi connectivity index (χ2v) is 1.45. The summed E-state index contributed by atoms with van der Waals surface area (Å²) in [7, 11) is 0. The van der Waals surface area contributed by atoms with Crippen molar-refractivity contribution in [2.45, 2.75) is 0 Å². The van der Waals surface area contributed by atoms with Crippen molar-refractivity contribution in [3.63, 3.8) is 0 Å². The van der Waals surface area contributed by atoms with Gasteiger partial charge in [0.2, 0.25) is 0 Å². The van der Waals surface area contributed by atoms with E-state index in [0.717, 1.165) is 0 Å². The Labute approximate surface area is 52.1 Å². The Balaban J connectivity index is 3.69. The Morgan fingerprint density at radius 3 is 2.62 bits per heavy atom. The fourth-order valence-electron chi connectivity index (χ4n) is 0.174. The van der Waals surface area contributed by atoms with E-state index in [9.17, 15) is 4.79 Å². The van der Waals surface area contributed by atoms with Gasteiger partial charge in [0.25, 0.3) is 0 Å². The van der Waals surface area contributed by atoms with Crippen LogP contribution >= 0.6 is 11.6 Å². The van der Waals surface area contributed by atoms with Gasteiger partial charge in [-0.15, -0.1) is 0 Å². The predicted octanol–water partition coefficient (Wildman–Crippen LogP) is 1.38. The molecule has 0 aliphatic rings. The van der Waals surface area contributed by atoms with Crippen LogP contribution in [0.2, 0.25) is 0 Å². The van der Waals surface area contributed by atoms with Gasteiger partial charge in [-0.05, 0) is 12.2 Å². The molecule has 0 radical (unpaired) electrons. The maximum atomic E-state index is 9.57. The molecule has 1 N–H and O–H groups in total. The van der Waals surface area contributed by atoms with Gasteiger partial charge in [0.05, 0.1) is 11.3 Å².